The van der Waals surface area contributed by atoms with E-state index in [1.54, 1.807) is 27.4 Å². The van der Waals surface area contributed by atoms with E-state index in [2.05, 4.69) is 117 Å². The summed E-state index contributed by atoms with van der Waals surface area (Å²) in [6, 6.07) is 9.81. The molecule has 0 radical (unpaired) electrons. The zero-order chi connectivity index (χ0) is 29.7. The molecule has 0 aromatic heterocycles. The number of allylic oxidation sites excluding steroid dienone is 8. The van der Waals surface area contributed by atoms with Crippen molar-refractivity contribution in [1.29, 1.82) is 0 Å². The zero-order valence-corrected chi connectivity index (χ0v) is 31.7. The Hall–Kier alpha value is -1.27. The van der Waals surface area contributed by atoms with Gasteiger partial charge in [0.15, 0.2) is 0 Å². The van der Waals surface area contributed by atoms with Crippen molar-refractivity contribution in [3.63, 3.8) is 0 Å². The Labute approximate surface area is 289 Å². The van der Waals surface area contributed by atoms with Crippen LogP contribution in [0.4, 0.5) is 0 Å². The first kappa shape index (κ1) is 36.2. The Morgan fingerprint density at radius 3 is 1.84 bits per heavy atom. The van der Waals surface area contributed by atoms with Gasteiger partial charge < -0.3 is 24.8 Å². The quantitative estimate of drug-likeness (QED) is 0.296. The SMILES string of the molecule is CC(C)(C)C1=CC[C-]=C1.CC1=[C-]C(C)(C)c2cc3c(cc21)-c1cc2c(cc1C3)C(C)(C)C=C2C.[Cl-].[Cl-].[Zr+2]=[C]1CCCCC1. The van der Waals surface area contributed by atoms with Crippen LogP contribution >= 0.6 is 0 Å². The summed E-state index contributed by atoms with van der Waals surface area (Å²) in [5.74, 6) is 0. The Balaban J connectivity index is 0.000000233. The summed E-state index contributed by atoms with van der Waals surface area (Å²) in [4.78, 5) is 0. The first-order valence-corrected chi connectivity index (χ1v) is 16.9. The molecular weight excluding hydrogens is 643 g/mol. The summed E-state index contributed by atoms with van der Waals surface area (Å²) in [5.41, 5.74) is 16.3. The van der Waals surface area contributed by atoms with Gasteiger partial charge in [-0.15, -0.1) is 18.1 Å². The molecular formula is C40H48Cl2Zr-2. The predicted molar refractivity (Wildman–Crippen MR) is 175 cm³/mol. The predicted octanol–water partition coefficient (Wildman–Crippen LogP) is 4.85. The van der Waals surface area contributed by atoms with Crippen LogP contribution in [0.25, 0.3) is 22.3 Å². The molecule has 0 unspecified atom stereocenters. The van der Waals surface area contributed by atoms with Gasteiger partial charge in [0.25, 0.3) is 0 Å². The molecule has 1 saturated carbocycles. The number of halogens is 2. The van der Waals surface area contributed by atoms with Gasteiger partial charge in [0.05, 0.1) is 0 Å². The average Bonchev–Trinajstić information content (AvgIpc) is 3.64. The molecule has 0 spiro atoms. The van der Waals surface area contributed by atoms with E-state index in [9.17, 15) is 0 Å². The second-order valence-corrected chi connectivity index (χ2v) is 16.6. The number of fused-ring (bicyclic) bond motifs is 5. The van der Waals surface area contributed by atoms with Crippen molar-refractivity contribution in [3.8, 4) is 11.1 Å². The van der Waals surface area contributed by atoms with Gasteiger partial charge in [-0.05, 0) is 58.4 Å². The molecule has 7 rings (SSSR count). The Bertz CT molecular complexity index is 1430. The normalized spacial score (nSPS) is 19.5. The van der Waals surface area contributed by atoms with Crippen molar-refractivity contribution < 1.29 is 49.0 Å². The second kappa shape index (κ2) is 13.6. The summed E-state index contributed by atoms with van der Waals surface area (Å²) in [6.45, 7) is 20.4. The van der Waals surface area contributed by atoms with Crippen LogP contribution in [0.2, 0.25) is 0 Å². The molecule has 0 heterocycles. The fourth-order valence-corrected chi connectivity index (χ4v) is 8.04. The van der Waals surface area contributed by atoms with E-state index in [-0.39, 0.29) is 35.6 Å². The third kappa shape index (κ3) is 7.59. The summed E-state index contributed by atoms with van der Waals surface area (Å²) in [5, 5.41) is 0. The number of hydrogen-bond acceptors (Lipinski definition) is 0. The number of rotatable bonds is 0. The molecule has 0 saturated heterocycles. The molecule has 43 heavy (non-hydrogen) atoms. The molecule has 1 fully saturated rings. The minimum atomic E-state index is 0. The van der Waals surface area contributed by atoms with Crippen LogP contribution in [0.1, 0.15) is 134 Å². The monoisotopic (exact) mass is 688 g/mol. The molecule has 2 aromatic carbocycles. The molecule has 0 amide bonds. The van der Waals surface area contributed by atoms with E-state index in [4.69, 9.17) is 0 Å². The van der Waals surface area contributed by atoms with Crippen LogP contribution in [0.5, 0.6) is 0 Å². The van der Waals surface area contributed by atoms with E-state index in [1.807, 2.05) is 0 Å². The summed E-state index contributed by atoms with van der Waals surface area (Å²) in [7, 11) is 0. The summed E-state index contributed by atoms with van der Waals surface area (Å²) in [6.07, 6.45) is 23.0. The first-order chi connectivity index (χ1) is 19.2. The fourth-order valence-electron chi connectivity index (χ4n) is 7.17. The van der Waals surface area contributed by atoms with Gasteiger partial charge in [0, 0.05) is 5.41 Å². The van der Waals surface area contributed by atoms with Gasteiger partial charge in [-0.1, -0.05) is 84.4 Å². The third-order valence-electron chi connectivity index (χ3n) is 9.45. The van der Waals surface area contributed by atoms with Crippen LogP contribution in [0.15, 0.2) is 48.1 Å². The van der Waals surface area contributed by atoms with Crippen molar-refractivity contribution in [2.24, 2.45) is 5.41 Å². The topological polar surface area (TPSA) is 0 Å². The van der Waals surface area contributed by atoms with Crippen molar-refractivity contribution in [1.82, 2.24) is 0 Å². The van der Waals surface area contributed by atoms with E-state index in [1.165, 1.54) is 93.3 Å². The van der Waals surface area contributed by atoms with Crippen LogP contribution < -0.4 is 24.8 Å². The maximum atomic E-state index is 3.65. The molecule has 0 N–H and O–H groups in total. The second-order valence-electron chi connectivity index (χ2n) is 14.8. The molecule has 2 aromatic rings. The molecule has 228 valence electrons. The van der Waals surface area contributed by atoms with E-state index < -0.39 is 0 Å². The fraction of sp³-hybridized carbons (Fsp3) is 0.475. The third-order valence-corrected chi connectivity index (χ3v) is 10.7. The van der Waals surface area contributed by atoms with Gasteiger partial charge in [-0.25, -0.2) is 11.6 Å². The first-order valence-electron chi connectivity index (χ1n) is 15.7. The molecule has 5 aliphatic rings. The van der Waals surface area contributed by atoms with Gasteiger partial charge in [0.1, 0.15) is 0 Å². The Kier molecular flexibility index (Phi) is 11.5. The van der Waals surface area contributed by atoms with Crippen LogP contribution in [0, 0.1) is 17.6 Å². The zero-order valence-electron chi connectivity index (χ0n) is 27.7. The molecule has 0 atom stereocenters. The van der Waals surface area contributed by atoms with Crippen LogP contribution in [-0.4, -0.2) is 3.21 Å². The van der Waals surface area contributed by atoms with Gasteiger partial charge >= 0.3 is 59.5 Å². The molecule has 0 nitrogen and oxygen atoms in total. The molecule has 3 heteroatoms. The van der Waals surface area contributed by atoms with Crippen LogP contribution in [0.3, 0.4) is 0 Å². The van der Waals surface area contributed by atoms with Gasteiger partial charge in [-0.2, -0.15) is 17.2 Å². The van der Waals surface area contributed by atoms with Crippen molar-refractivity contribution in [2.45, 2.75) is 118 Å². The van der Waals surface area contributed by atoms with Gasteiger partial charge in [-0.3, -0.25) is 12.2 Å². The Morgan fingerprint density at radius 1 is 0.767 bits per heavy atom. The van der Waals surface area contributed by atoms with Crippen molar-refractivity contribution in [3.05, 3.63) is 93.6 Å². The molecule has 5 aliphatic carbocycles. The summed E-state index contributed by atoms with van der Waals surface area (Å²) < 4.78 is 1.80. The summed E-state index contributed by atoms with van der Waals surface area (Å²) >= 11 is 1.69. The van der Waals surface area contributed by atoms with Gasteiger partial charge in [0.2, 0.25) is 0 Å². The molecule has 0 bridgehead atoms. The standard InChI is InChI=1S/C25H25.C9H13.C6H10.2ClH.Zr/c1-14-12-24(3,4)22-8-16-7-17-9-23-19(15(2)13-25(23,5)6)11-21(17)20(16)10-18(14)22;1-9(2,3)8-6-4-5-7-8;1-2-4-6-5-3-1;;;/h8-12H,7H2,1-6H3;6-7H,4H2,1-3H3;1-5H2;2*1H;/q2*-1;;;;+2/p-2. The number of benzene rings is 2. The van der Waals surface area contributed by atoms with Crippen LogP contribution in [-0.2, 0) is 41.5 Å². The van der Waals surface area contributed by atoms with E-state index in [0.717, 1.165) is 12.8 Å². The maximum absolute atomic E-state index is 3.65. The van der Waals surface area contributed by atoms with E-state index >= 15 is 0 Å². The molecule has 0 aliphatic heterocycles. The van der Waals surface area contributed by atoms with E-state index in [0.29, 0.717) is 5.41 Å². The van der Waals surface area contributed by atoms with Crippen molar-refractivity contribution >= 4 is 14.4 Å². The van der Waals surface area contributed by atoms with Crippen molar-refractivity contribution in [2.75, 3.05) is 0 Å². The average molecular weight is 691 g/mol. The minimum absolute atomic E-state index is 0. The Morgan fingerprint density at radius 2 is 1.35 bits per heavy atom. The number of hydrogen-bond donors (Lipinski definition) is 0.